The predicted octanol–water partition coefficient (Wildman–Crippen LogP) is 4.64. The minimum absolute atomic E-state index is 0.381. The van der Waals surface area contributed by atoms with Gasteiger partial charge in [-0.25, -0.2) is 19.3 Å². The Morgan fingerprint density at radius 3 is 2.51 bits per heavy atom. The van der Waals surface area contributed by atoms with Gasteiger partial charge in [-0.1, -0.05) is 24.3 Å². The molecular formula is C28H20N6O3. The monoisotopic (exact) mass is 488 g/mol. The van der Waals surface area contributed by atoms with Crippen LogP contribution in [0.2, 0.25) is 0 Å². The topological polar surface area (TPSA) is 98.7 Å². The number of hydrogen-bond acceptors (Lipinski definition) is 8. The Kier molecular flexibility index (Phi) is 4.59. The van der Waals surface area contributed by atoms with E-state index >= 15 is 0 Å². The lowest BCUT2D eigenvalue weighted by molar-refractivity contribution is 0.422. The molecule has 7 rings (SSSR count). The van der Waals surface area contributed by atoms with Gasteiger partial charge < -0.3 is 14.1 Å². The molecule has 0 N–H and O–H groups in total. The molecule has 6 aromatic rings. The second kappa shape index (κ2) is 7.99. The van der Waals surface area contributed by atoms with Gasteiger partial charge in [-0.15, -0.1) is 5.10 Å². The molecule has 0 radical (unpaired) electrons. The molecule has 5 heterocycles. The number of aromatic nitrogens is 5. The molecule has 1 aliphatic rings. The van der Waals surface area contributed by atoms with Crippen LogP contribution in [0.5, 0.6) is 11.6 Å². The minimum atomic E-state index is -0.526. The van der Waals surface area contributed by atoms with E-state index in [4.69, 9.17) is 14.1 Å². The van der Waals surface area contributed by atoms with Gasteiger partial charge in [0.1, 0.15) is 11.9 Å². The van der Waals surface area contributed by atoms with Crippen LogP contribution in [0.4, 0.5) is 5.69 Å². The first-order valence-corrected chi connectivity index (χ1v) is 11.7. The Hall–Kier alpha value is -5.05. The van der Waals surface area contributed by atoms with E-state index < -0.39 is 11.5 Å². The van der Waals surface area contributed by atoms with Crippen molar-refractivity contribution in [2.24, 2.45) is 0 Å². The SMILES string of the molecule is CN(C)c1ccc(C2c3c(c4ccccc4oc3=O)Oc3ncn4nc(-c5ccncc5)nc4c32)cc1. The molecule has 0 saturated carbocycles. The summed E-state index contributed by atoms with van der Waals surface area (Å²) in [5.41, 5.74) is 4.37. The van der Waals surface area contributed by atoms with E-state index in [-0.39, 0.29) is 0 Å². The number of pyridine rings is 1. The fourth-order valence-corrected chi connectivity index (χ4v) is 4.85. The molecule has 1 aliphatic heterocycles. The number of benzene rings is 2. The van der Waals surface area contributed by atoms with Crippen LogP contribution in [0.3, 0.4) is 0 Å². The van der Waals surface area contributed by atoms with E-state index in [1.165, 1.54) is 0 Å². The van der Waals surface area contributed by atoms with Crippen LogP contribution in [0, 0.1) is 0 Å². The van der Waals surface area contributed by atoms with Crippen LogP contribution in [0.1, 0.15) is 22.6 Å². The van der Waals surface area contributed by atoms with Gasteiger partial charge in [0.25, 0.3) is 0 Å². The molecule has 0 bridgehead atoms. The van der Waals surface area contributed by atoms with Gasteiger partial charge in [-0.05, 0) is 42.0 Å². The average molecular weight is 489 g/mol. The molecule has 9 nitrogen and oxygen atoms in total. The van der Waals surface area contributed by atoms with Crippen molar-refractivity contribution in [2.45, 2.75) is 5.92 Å². The molecule has 37 heavy (non-hydrogen) atoms. The van der Waals surface area contributed by atoms with E-state index in [0.717, 1.165) is 16.8 Å². The first kappa shape index (κ1) is 21.3. The normalized spacial score (nSPS) is 14.3. The maximum absolute atomic E-state index is 13.5. The zero-order valence-corrected chi connectivity index (χ0v) is 20.0. The van der Waals surface area contributed by atoms with Gasteiger partial charge in [0, 0.05) is 37.7 Å². The summed E-state index contributed by atoms with van der Waals surface area (Å²) in [6.07, 6.45) is 4.97. The summed E-state index contributed by atoms with van der Waals surface area (Å²) in [7, 11) is 3.97. The largest absolute Gasteiger partial charge is 0.437 e. The Morgan fingerprint density at radius 2 is 1.73 bits per heavy atom. The number of ether oxygens (including phenoxy) is 1. The molecule has 9 heteroatoms. The van der Waals surface area contributed by atoms with Crippen LogP contribution < -0.4 is 15.3 Å². The lowest BCUT2D eigenvalue weighted by atomic mass is 9.84. The fraction of sp³-hybridized carbons (Fsp3) is 0.107. The second-order valence-corrected chi connectivity index (χ2v) is 9.05. The van der Waals surface area contributed by atoms with Gasteiger partial charge in [0.15, 0.2) is 17.2 Å². The number of nitrogens with zero attached hydrogens (tertiary/aromatic N) is 6. The zero-order chi connectivity index (χ0) is 25.1. The van der Waals surface area contributed by atoms with Gasteiger partial charge in [-0.3, -0.25) is 4.98 Å². The van der Waals surface area contributed by atoms with Crippen molar-refractivity contribution < 1.29 is 9.15 Å². The number of anilines is 1. The molecule has 0 amide bonds. The van der Waals surface area contributed by atoms with Gasteiger partial charge in [0.2, 0.25) is 5.88 Å². The molecule has 1 atom stereocenters. The summed E-state index contributed by atoms with van der Waals surface area (Å²) in [6, 6.07) is 19.1. The van der Waals surface area contributed by atoms with Gasteiger partial charge >= 0.3 is 5.63 Å². The van der Waals surface area contributed by atoms with E-state index in [1.54, 1.807) is 29.3 Å². The fourth-order valence-electron chi connectivity index (χ4n) is 4.85. The lowest BCUT2D eigenvalue weighted by Gasteiger charge is -2.27. The van der Waals surface area contributed by atoms with Crippen LogP contribution in [-0.4, -0.2) is 38.7 Å². The number of para-hydroxylation sites is 1. The summed E-state index contributed by atoms with van der Waals surface area (Å²) in [5.74, 6) is 0.829. The smallest absolute Gasteiger partial charge is 0.344 e. The van der Waals surface area contributed by atoms with Crippen LogP contribution in [0.25, 0.3) is 28.0 Å². The summed E-state index contributed by atoms with van der Waals surface area (Å²) >= 11 is 0. The highest BCUT2D eigenvalue weighted by molar-refractivity contribution is 5.87. The van der Waals surface area contributed by atoms with Crippen LogP contribution in [0.15, 0.2) is 88.6 Å². The third-order valence-electron chi connectivity index (χ3n) is 6.64. The molecule has 0 aliphatic carbocycles. The van der Waals surface area contributed by atoms with E-state index in [2.05, 4.69) is 15.1 Å². The Labute approximate surface area is 210 Å². The summed E-state index contributed by atoms with van der Waals surface area (Å²) in [4.78, 5) is 29.0. The quantitative estimate of drug-likeness (QED) is 0.332. The number of hydrogen-bond donors (Lipinski definition) is 0. The highest BCUT2D eigenvalue weighted by Gasteiger charge is 2.37. The van der Waals surface area contributed by atoms with E-state index in [9.17, 15) is 4.79 Å². The minimum Gasteiger partial charge on any atom is -0.437 e. The molecular weight excluding hydrogens is 468 g/mol. The highest BCUT2D eigenvalue weighted by Crippen LogP contribution is 2.48. The first-order valence-electron chi connectivity index (χ1n) is 11.7. The molecule has 1 unspecified atom stereocenters. The standard InChI is InChI=1S/C28H20N6O3/c1-33(2)18-9-7-16(8-10-18)21-22-24(19-5-3-4-6-20(19)36-28(22)35)37-27-23(21)26-31-25(32-34(26)15-30-27)17-11-13-29-14-12-17/h3-15,21H,1-2H3. The molecule has 0 spiro atoms. The van der Waals surface area contributed by atoms with Crippen molar-refractivity contribution in [1.29, 1.82) is 0 Å². The summed E-state index contributed by atoms with van der Waals surface area (Å²) in [5, 5.41) is 5.34. The van der Waals surface area contributed by atoms with Gasteiger partial charge in [-0.2, -0.15) is 0 Å². The van der Waals surface area contributed by atoms with Crippen molar-refractivity contribution in [3.05, 3.63) is 106 Å². The third kappa shape index (κ3) is 3.28. The number of fused-ring (bicyclic) bond motifs is 6. The zero-order valence-electron chi connectivity index (χ0n) is 20.0. The van der Waals surface area contributed by atoms with Crippen molar-refractivity contribution >= 4 is 22.3 Å². The number of rotatable bonds is 3. The molecule has 4 aromatic heterocycles. The molecule has 0 saturated heterocycles. The maximum atomic E-state index is 13.5. The lowest BCUT2D eigenvalue weighted by Crippen LogP contribution is -2.22. The maximum Gasteiger partial charge on any atom is 0.344 e. The third-order valence-corrected chi connectivity index (χ3v) is 6.64. The Bertz CT molecular complexity index is 1860. The summed E-state index contributed by atoms with van der Waals surface area (Å²) in [6.45, 7) is 0. The molecule has 180 valence electrons. The van der Waals surface area contributed by atoms with Crippen molar-refractivity contribution in [2.75, 3.05) is 19.0 Å². The Morgan fingerprint density at radius 1 is 0.946 bits per heavy atom. The Balaban J connectivity index is 1.53. The van der Waals surface area contributed by atoms with Crippen molar-refractivity contribution in [3.8, 4) is 23.0 Å². The second-order valence-electron chi connectivity index (χ2n) is 9.05. The predicted molar refractivity (Wildman–Crippen MR) is 138 cm³/mol. The van der Waals surface area contributed by atoms with Crippen LogP contribution >= 0.6 is 0 Å². The summed E-state index contributed by atoms with van der Waals surface area (Å²) < 4.78 is 13.7. The average Bonchev–Trinajstić information content (AvgIpc) is 3.37. The molecule has 2 aromatic carbocycles. The van der Waals surface area contributed by atoms with Crippen molar-refractivity contribution in [1.82, 2.24) is 24.6 Å². The van der Waals surface area contributed by atoms with Crippen molar-refractivity contribution in [3.63, 3.8) is 0 Å². The van der Waals surface area contributed by atoms with Gasteiger partial charge in [0.05, 0.1) is 22.4 Å². The van der Waals surface area contributed by atoms with E-state index in [0.29, 0.717) is 45.2 Å². The van der Waals surface area contributed by atoms with E-state index in [1.807, 2.05) is 73.6 Å². The van der Waals surface area contributed by atoms with Crippen LogP contribution in [-0.2, 0) is 0 Å². The molecule has 0 fully saturated rings. The first-order chi connectivity index (χ1) is 18.1. The highest BCUT2D eigenvalue weighted by atomic mass is 16.5.